The van der Waals surface area contributed by atoms with Gasteiger partial charge in [-0.25, -0.2) is 4.39 Å². The van der Waals surface area contributed by atoms with Gasteiger partial charge in [0, 0.05) is 38.3 Å². The molecule has 0 aromatic heterocycles. The van der Waals surface area contributed by atoms with Gasteiger partial charge >= 0.3 is 0 Å². The van der Waals surface area contributed by atoms with Crippen LogP contribution in [-0.4, -0.2) is 43.5 Å². The summed E-state index contributed by atoms with van der Waals surface area (Å²) in [5.74, 6) is 0.534. The number of nitrogen functional groups attached to an aromatic ring is 1. The molecule has 0 amide bonds. The van der Waals surface area contributed by atoms with E-state index < -0.39 is 0 Å². The highest BCUT2D eigenvalue weighted by Gasteiger charge is 2.27. The Morgan fingerprint density at radius 1 is 1.25 bits per heavy atom. The fourth-order valence-electron chi connectivity index (χ4n) is 2.77. The van der Waals surface area contributed by atoms with Crippen molar-refractivity contribution in [2.45, 2.75) is 12.8 Å². The van der Waals surface area contributed by atoms with Crippen LogP contribution in [-0.2, 0) is 0 Å². The molecule has 3 rings (SSSR count). The number of nitrogens with zero attached hydrogens (tertiary/aromatic N) is 2. The zero-order chi connectivity index (χ0) is 14.1. The quantitative estimate of drug-likeness (QED) is 0.649. The highest BCUT2D eigenvalue weighted by atomic mass is 19.1. The Morgan fingerprint density at radius 3 is 2.50 bits per heavy atom. The van der Waals surface area contributed by atoms with Crippen LogP contribution in [0.4, 0.5) is 10.1 Å². The van der Waals surface area contributed by atoms with Crippen LogP contribution in [0.1, 0.15) is 18.4 Å². The predicted molar refractivity (Wildman–Crippen MR) is 78.8 cm³/mol. The first kappa shape index (κ1) is 13.4. The van der Waals surface area contributed by atoms with Crippen molar-refractivity contribution in [2.75, 3.05) is 37.6 Å². The van der Waals surface area contributed by atoms with E-state index in [1.807, 2.05) is 0 Å². The van der Waals surface area contributed by atoms with E-state index in [2.05, 4.69) is 9.80 Å². The smallest absolute Gasteiger partial charge is 0.147 e. The molecule has 1 aliphatic heterocycles. The first-order chi connectivity index (χ1) is 9.63. The molecule has 108 valence electrons. The molecule has 5 heteroatoms. The van der Waals surface area contributed by atoms with Crippen LogP contribution in [0, 0.1) is 17.1 Å². The van der Waals surface area contributed by atoms with Gasteiger partial charge in [-0.15, -0.1) is 0 Å². The lowest BCUT2D eigenvalue weighted by atomic mass is 10.1. The summed E-state index contributed by atoms with van der Waals surface area (Å²) >= 11 is 0. The molecular formula is C15H21FN4. The van der Waals surface area contributed by atoms with Gasteiger partial charge < -0.3 is 10.6 Å². The number of rotatable bonds is 4. The maximum Gasteiger partial charge on any atom is 0.147 e. The average Bonchev–Trinajstić information content (AvgIpc) is 3.24. The SMILES string of the molecule is N=C(N)c1ccc(N2CCN(CC3CC3)CC2)c(F)c1. The molecule has 0 radical (unpaired) electrons. The fourth-order valence-corrected chi connectivity index (χ4v) is 2.77. The Morgan fingerprint density at radius 2 is 1.95 bits per heavy atom. The summed E-state index contributed by atoms with van der Waals surface area (Å²) in [6.07, 6.45) is 2.75. The van der Waals surface area contributed by atoms with Crippen LogP contribution in [0.2, 0.25) is 0 Å². The minimum atomic E-state index is -0.284. The van der Waals surface area contributed by atoms with E-state index in [1.165, 1.54) is 25.5 Å². The molecule has 0 atom stereocenters. The maximum atomic E-state index is 14.1. The molecule has 20 heavy (non-hydrogen) atoms. The molecule has 1 saturated heterocycles. The molecule has 2 aliphatic rings. The lowest BCUT2D eigenvalue weighted by molar-refractivity contribution is 0.247. The highest BCUT2D eigenvalue weighted by molar-refractivity contribution is 5.95. The number of hydrogen-bond acceptors (Lipinski definition) is 3. The van der Waals surface area contributed by atoms with Crippen molar-refractivity contribution >= 4 is 11.5 Å². The van der Waals surface area contributed by atoms with E-state index in [1.54, 1.807) is 12.1 Å². The van der Waals surface area contributed by atoms with Crippen LogP contribution in [0.3, 0.4) is 0 Å². The standard InChI is InChI=1S/C15H21FN4/c16-13-9-12(15(17)18)3-4-14(13)20-7-5-19(6-8-20)10-11-1-2-11/h3-4,9,11H,1-2,5-8,10H2,(H3,17,18). The fraction of sp³-hybridized carbons (Fsp3) is 0.533. The number of amidine groups is 1. The van der Waals surface area contributed by atoms with Gasteiger partial charge in [0.1, 0.15) is 11.7 Å². The van der Waals surface area contributed by atoms with E-state index in [4.69, 9.17) is 11.1 Å². The molecule has 0 bridgehead atoms. The Kier molecular flexibility index (Phi) is 3.61. The van der Waals surface area contributed by atoms with Crippen molar-refractivity contribution in [3.63, 3.8) is 0 Å². The summed E-state index contributed by atoms with van der Waals surface area (Å²) in [5, 5.41) is 7.34. The van der Waals surface area contributed by atoms with Crippen molar-refractivity contribution in [1.82, 2.24) is 4.90 Å². The summed E-state index contributed by atoms with van der Waals surface area (Å²) in [6, 6.07) is 4.81. The topological polar surface area (TPSA) is 56.4 Å². The third kappa shape index (κ3) is 2.93. The number of benzene rings is 1. The average molecular weight is 276 g/mol. The van der Waals surface area contributed by atoms with Crippen molar-refractivity contribution < 1.29 is 4.39 Å². The normalized spacial score (nSPS) is 20.1. The number of hydrogen-bond donors (Lipinski definition) is 2. The Bertz CT molecular complexity index is 505. The highest BCUT2D eigenvalue weighted by Crippen LogP contribution is 2.30. The van der Waals surface area contributed by atoms with Gasteiger partial charge in [0.15, 0.2) is 0 Å². The van der Waals surface area contributed by atoms with Crippen LogP contribution in [0.25, 0.3) is 0 Å². The minimum Gasteiger partial charge on any atom is -0.384 e. The number of piperazine rings is 1. The second kappa shape index (κ2) is 5.40. The van der Waals surface area contributed by atoms with Crippen molar-refractivity contribution in [3.05, 3.63) is 29.6 Å². The Hall–Kier alpha value is -1.62. The van der Waals surface area contributed by atoms with Crippen LogP contribution < -0.4 is 10.6 Å². The minimum absolute atomic E-state index is 0.0929. The Labute approximate surface area is 118 Å². The van der Waals surface area contributed by atoms with Gasteiger partial charge in [0.2, 0.25) is 0 Å². The third-order valence-corrected chi connectivity index (χ3v) is 4.18. The van der Waals surface area contributed by atoms with E-state index >= 15 is 0 Å². The second-order valence-corrected chi connectivity index (χ2v) is 5.81. The van der Waals surface area contributed by atoms with E-state index in [0.717, 1.165) is 32.1 Å². The molecule has 1 aromatic carbocycles. The van der Waals surface area contributed by atoms with Crippen LogP contribution in [0.5, 0.6) is 0 Å². The first-order valence-electron chi connectivity index (χ1n) is 7.25. The molecule has 0 spiro atoms. The Balaban J connectivity index is 1.63. The summed E-state index contributed by atoms with van der Waals surface area (Å²) < 4.78 is 14.1. The summed E-state index contributed by atoms with van der Waals surface area (Å²) in [5.41, 5.74) is 6.45. The first-order valence-corrected chi connectivity index (χ1v) is 7.25. The molecule has 1 saturated carbocycles. The molecule has 3 N–H and O–H groups in total. The zero-order valence-corrected chi connectivity index (χ0v) is 11.6. The van der Waals surface area contributed by atoms with Crippen molar-refractivity contribution in [3.8, 4) is 0 Å². The van der Waals surface area contributed by atoms with Gasteiger partial charge in [0.25, 0.3) is 0 Å². The molecule has 1 aliphatic carbocycles. The van der Waals surface area contributed by atoms with Gasteiger partial charge in [-0.05, 0) is 37.0 Å². The summed E-state index contributed by atoms with van der Waals surface area (Å²) in [4.78, 5) is 4.57. The number of nitrogens with one attached hydrogen (secondary N) is 1. The molecule has 4 nitrogen and oxygen atoms in total. The maximum absolute atomic E-state index is 14.1. The predicted octanol–water partition coefficient (Wildman–Crippen LogP) is 1.64. The largest absolute Gasteiger partial charge is 0.384 e. The molecule has 0 unspecified atom stereocenters. The van der Waals surface area contributed by atoms with Crippen LogP contribution >= 0.6 is 0 Å². The van der Waals surface area contributed by atoms with Gasteiger partial charge in [-0.1, -0.05) is 0 Å². The third-order valence-electron chi connectivity index (χ3n) is 4.18. The summed E-state index contributed by atoms with van der Waals surface area (Å²) in [7, 11) is 0. The number of anilines is 1. The zero-order valence-electron chi connectivity index (χ0n) is 11.6. The van der Waals surface area contributed by atoms with Gasteiger partial charge in [-0.3, -0.25) is 10.3 Å². The monoisotopic (exact) mass is 276 g/mol. The molecular weight excluding hydrogens is 255 g/mol. The summed E-state index contributed by atoms with van der Waals surface area (Å²) in [6.45, 7) is 4.94. The van der Waals surface area contributed by atoms with Crippen molar-refractivity contribution in [1.29, 1.82) is 5.41 Å². The lowest BCUT2D eigenvalue weighted by Gasteiger charge is -2.36. The number of nitrogens with two attached hydrogens (primary N) is 1. The number of halogens is 1. The van der Waals surface area contributed by atoms with Crippen molar-refractivity contribution in [2.24, 2.45) is 11.7 Å². The second-order valence-electron chi connectivity index (χ2n) is 5.81. The molecule has 1 aromatic rings. The van der Waals surface area contributed by atoms with Crippen LogP contribution in [0.15, 0.2) is 18.2 Å². The van der Waals surface area contributed by atoms with E-state index in [9.17, 15) is 4.39 Å². The lowest BCUT2D eigenvalue weighted by Crippen LogP contribution is -2.47. The van der Waals surface area contributed by atoms with E-state index in [0.29, 0.717) is 11.3 Å². The molecule has 2 fully saturated rings. The van der Waals surface area contributed by atoms with E-state index in [-0.39, 0.29) is 11.7 Å². The van der Waals surface area contributed by atoms with Gasteiger partial charge in [-0.2, -0.15) is 0 Å². The van der Waals surface area contributed by atoms with Gasteiger partial charge in [0.05, 0.1) is 5.69 Å². The molecule has 1 heterocycles.